The summed E-state index contributed by atoms with van der Waals surface area (Å²) in [4.78, 5) is 30.4. The number of amides is 1. The number of para-hydroxylation sites is 2. The molecule has 2 aromatic heterocycles. The van der Waals surface area contributed by atoms with E-state index in [1.165, 1.54) is 10.7 Å². The molecule has 0 unspecified atom stereocenters. The molecule has 1 aliphatic heterocycles. The molecule has 0 fully saturated rings. The Morgan fingerprint density at radius 3 is 2.68 bits per heavy atom. The number of anilines is 1. The van der Waals surface area contributed by atoms with E-state index in [-0.39, 0.29) is 18.0 Å². The highest BCUT2D eigenvalue weighted by Gasteiger charge is 2.20. The normalized spacial score (nSPS) is 12.6. The van der Waals surface area contributed by atoms with Gasteiger partial charge in [-0.1, -0.05) is 24.3 Å². The molecule has 6 rings (SSSR count). The molecule has 0 atom stereocenters. The fourth-order valence-corrected chi connectivity index (χ4v) is 4.25. The van der Waals surface area contributed by atoms with E-state index in [1.807, 2.05) is 53.1 Å². The third kappa shape index (κ3) is 3.24. The van der Waals surface area contributed by atoms with Gasteiger partial charge in [-0.2, -0.15) is 5.10 Å². The van der Waals surface area contributed by atoms with E-state index >= 15 is 0 Å². The number of aromatic nitrogens is 4. The van der Waals surface area contributed by atoms with Gasteiger partial charge in [0.1, 0.15) is 5.75 Å². The molecular formula is C26H19N5O3. The predicted octanol–water partition coefficient (Wildman–Crippen LogP) is 3.87. The van der Waals surface area contributed by atoms with Crippen molar-refractivity contribution < 1.29 is 9.53 Å². The lowest BCUT2D eigenvalue weighted by atomic mass is 10.1. The lowest BCUT2D eigenvalue weighted by Gasteiger charge is -2.16. The number of rotatable bonds is 1. The van der Waals surface area contributed by atoms with Crippen molar-refractivity contribution in [3.8, 4) is 22.7 Å². The number of ether oxygens (including phenoxy) is 1. The van der Waals surface area contributed by atoms with Crippen LogP contribution in [0.5, 0.6) is 5.75 Å². The van der Waals surface area contributed by atoms with Crippen LogP contribution in [0.3, 0.4) is 0 Å². The molecule has 1 amide bonds. The van der Waals surface area contributed by atoms with Crippen LogP contribution in [0.1, 0.15) is 15.9 Å². The Bertz CT molecular complexity index is 1650. The van der Waals surface area contributed by atoms with E-state index in [2.05, 4.69) is 10.4 Å². The van der Waals surface area contributed by atoms with Gasteiger partial charge in [-0.15, -0.1) is 0 Å². The van der Waals surface area contributed by atoms with Crippen LogP contribution in [0.15, 0.2) is 83.7 Å². The maximum Gasteiger partial charge on any atom is 0.267 e. The topological polar surface area (TPSA) is 91.0 Å². The molecule has 0 saturated carbocycles. The summed E-state index contributed by atoms with van der Waals surface area (Å²) < 4.78 is 8.93. The summed E-state index contributed by atoms with van der Waals surface area (Å²) in [5.41, 5.74) is 4.70. The Hall–Kier alpha value is -4.72. The number of nitrogens with zero attached hydrogens (tertiary/aromatic N) is 4. The highest BCUT2D eigenvalue weighted by molar-refractivity contribution is 6.04. The van der Waals surface area contributed by atoms with Gasteiger partial charge >= 0.3 is 0 Å². The third-order valence-corrected chi connectivity index (χ3v) is 5.89. The second-order valence-corrected chi connectivity index (χ2v) is 8.02. The quantitative estimate of drug-likeness (QED) is 0.420. The number of hydrogen-bond acceptors (Lipinski definition) is 5. The molecule has 0 saturated heterocycles. The van der Waals surface area contributed by atoms with Crippen molar-refractivity contribution in [2.45, 2.75) is 6.54 Å². The number of imidazole rings is 1. The zero-order valence-electron chi connectivity index (χ0n) is 18.2. The molecule has 1 aliphatic rings. The number of methoxy groups -OCH3 is 1. The van der Waals surface area contributed by atoms with E-state index in [0.717, 1.165) is 22.2 Å². The zero-order chi connectivity index (χ0) is 23.2. The average molecular weight is 449 g/mol. The van der Waals surface area contributed by atoms with Gasteiger partial charge in [-0.05, 0) is 54.1 Å². The van der Waals surface area contributed by atoms with Crippen molar-refractivity contribution in [2.75, 3.05) is 12.4 Å². The van der Waals surface area contributed by atoms with E-state index in [1.54, 1.807) is 31.4 Å². The molecule has 3 aromatic carbocycles. The zero-order valence-corrected chi connectivity index (χ0v) is 18.2. The van der Waals surface area contributed by atoms with Crippen molar-refractivity contribution in [1.29, 1.82) is 0 Å². The Kier molecular flexibility index (Phi) is 4.51. The predicted molar refractivity (Wildman–Crippen MR) is 129 cm³/mol. The third-order valence-electron chi connectivity index (χ3n) is 5.89. The minimum absolute atomic E-state index is 0.220. The molecule has 1 N–H and O–H groups in total. The lowest BCUT2D eigenvalue weighted by Crippen LogP contribution is -2.23. The first kappa shape index (κ1) is 19.9. The molecule has 3 heterocycles. The first-order chi connectivity index (χ1) is 16.6. The van der Waals surface area contributed by atoms with Crippen LogP contribution in [0.4, 0.5) is 5.95 Å². The maximum absolute atomic E-state index is 13.2. The lowest BCUT2D eigenvalue weighted by molar-refractivity contribution is 0.102. The summed E-state index contributed by atoms with van der Waals surface area (Å²) in [7, 11) is 1.60. The van der Waals surface area contributed by atoms with Crippen LogP contribution in [-0.4, -0.2) is 32.3 Å². The largest absolute Gasteiger partial charge is 0.495 e. The molecule has 0 aliphatic carbocycles. The minimum atomic E-state index is -0.306. The molecule has 166 valence electrons. The van der Waals surface area contributed by atoms with Crippen molar-refractivity contribution in [3.63, 3.8) is 0 Å². The van der Waals surface area contributed by atoms with Gasteiger partial charge in [0.25, 0.3) is 11.5 Å². The average Bonchev–Trinajstić information content (AvgIpc) is 3.22. The SMILES string of the molecule is COc1ccc2cc1-n1c(nc3ccccc31)NC(=O)c1cccc(c1)Cn1nc-2ccc1=O. The van der Waals surface area contributed by atoms with Crippen molar-refractivity contribution in [1.82, 2.24) is 19.3 Å². The summed E-state index contributed by atoms with van der Waals surface area (Å²) in [6, 6.07) is 23.7. The Labute approximate surface area is 194 Å². The van der Waals surface area contributed by atoms with Crippen molar-refractivity contribution in [2.24, 2.45) is 0 Å². The Morgan fingerprint density at radius 2 is 1.79 bits per heavy atom. The fraction of sp³-hybridized carbons (Fsp3) is 0.0769. The van der Waals surface area contributed by atoms with E-state index in [9.17, 15) is 9.59 Å². The van der Waals surface area contributed by atoms with Crippen molar-refractivity contribution in [3.05, 3.63) is 100 Å². The van der Waals surface area contributed by atoms with Gasteiger partial charge in [0, 0.05) is 17.2 Å². The van der Waals surface area contributed by atoms with Gasteiger partial charge in [-0.25, -0.2) is 9.67 Å². The van der Waals surface area contributed by atoms with Gasteiger partial charge in [0.2, 0.25) is 5.95 Å². The number of carbonyl (C=O) groups is 1. The number of carbonyl (C=O) groups excluding carboxylic acids is 1. The first-order valence-electron chi connectivity index (χ1n) is 10.8. The fourth-order valence-electron chi connectivity index (χ4n) is 4.25. The summed E-state index contributed by atoms with van der Waals surface area (Å²) in [5.74, 6) is 0.673. The highest BCUT2D eigenvalue weighted by atomic mass is 16.5. The number of hydrogen-bond donors (Lipinski definition) is 1. The van der Waals surface area contributed by atoms with E-state index < -0.39 is 0 Å². The standard InChI is InChI=1S/C26H19N5O3/c1-34-23-11-9-17-14-22(23)31-21-8-3-2-7-20(21)27-26(31)28-25(33)18-6-4-5-16(13-18)15-30-24(32)12-10-19(17)29-30/h2-14H,15H2,1H3,(H,27,28,33). The number of fused-ring (bicyclic) bond motifs is 11. The van der Waals surface area contributed by atoms with Gasteiger partial charge in [0.05, 0.1) is 36.1 Å². The van der Waals surface area contributed by atoms with Crippen LogP contribution in [0, 0.1) is 0 Å². The Morgan fingerprint density at radius 1 is 0.912 bits per heavy atom. The van der Waals surface area contributed by atoms with Crippen LogP contribution in [-0.2, 0) is 6.54 Å². The second-order valence-electron chi connectivity index (χ2n) is 8.02. The smallest absolute Gasteiger partial charge is 0.267 e. The Balaban J connectivity index is 1.69. The first-order valence-corrected chi connectivity index (χ1v) is 10.8. The van der Waals surface area contributed by atoms with Crippen LogP contribution in [0.25, 0.3) is 28.0 Å². The minimum Gasteiger partial charge on any atom is -0.495 e. The van der Waals surface area contributed by atoms with Gasteiger partial charge in [0.15, 0.2) is 0 Å². The van der Waals surface area contributed by atoms with E-state index in [0.29, 0.717) is 28.6 Å². The summed E-state index contributed by atoms with van der Waals surface area (Å²) in [6.07, 6.45) is 0. The molecule has 0 spiro atoms. The molecule has 8 heteroatoms. The molecule has 0 radical (unpaired) electrons. The molecular weight excluding hydrogens is 430 g/mol. The van der Waals surface area contributed by atoms with E-state index in [4.69, 9.17) is 9.72 Å². The maximum atomic E-state index is 13.2. The van der Waals surface area contributed by atoms with Crippen LogP contribution < -0.4 is 15.6 Å². The summed E-state index contributed by atoms with van der Waals surface area (Å²) in [6.45, 7) is 0.245. The van der Waals surface area contributed by atoms with Crippen LogP contribution in [0.2, 0.25) is 0 Å². The van der Waals surface area contributed by atoms with Crippen LogP contribution >= 0.6 is 0 Å². The van der Waals surface area contributed by atoms with Gasteiger partial charge < -0.3 is 4.74 Å². The summed E-state index contributed by atoms with van der Waals surface area (Å²) >= 11 is 0. The molecule has 34 heavy (non-hydrogen) atoms. The molecule has 5 aromatic rings. The summed E-state index contributed by atoms with van der Waals surface area (Å²) in [5, 5.41) is 7.57. The second kappa shape index (κ2) is 7.70. The molecule has 8 nitrogen and oxygen atoms in total. The van der Waals surface area contributed by atoms with Gasteiger partial charge in [-0.3, -0.25) is 19.5 Å². The molecule has 6 bridgehead atoms. The highest BCUT2D eigenvalue weighted by Crippen LogP contribution is 2.34. The van der Waals surface area contributed by atoms with Crippen molar-refractivity contribution >= 4 is 22.9 Å². The number of benzene rings is 3. The number of nitrogens with one attached hydrogen (secondary N) is 1. The monoisotopic (exact) mass is 449 g/mol.